The molecule has 0 aliphatic carbocycles. The highest BCUT2D eigenvalue weighted by molar-refractivity contribution is 9.10. The van der Waals surface area contributed by atoms with Gasteiger partial charge in [-0.3, -0.25) is 4.79 Å². The molecule has 0 unspecified atom stereocenters. The van der Waals surface area contributed by atoms with E-state index in [4.69, 9.17) is 10.00 Å². The summed E-state index contributed by atoms with van der Waals surface area (Å²) in [6, 6.07) is 1.63. The average molecular weight is 282 g/mol. The zero-order valence-corrected chi connectivity index (χ0v) is 11.2. The minimum absolute atomic E-state index is 0.347. The van der Waals surface area contributed by atoms with Gasteiger partial charge in [-0.2, -0.15) is 5.26 Å². The summed E-state index contributed by atoms with van der Waals surface area (Å²) in [5.41, 5.74) is 2.98. The van der Waals surface area contributed by atoms with E-state index in [2.05, 4.69) is 15.9 Å². The molecule has 0 amide bonds. The number of rotatable bonds is 2. The summed E-state index contributed by atoms with van der Waals surface area (Å²) in [5, 5.41) is 8.71. The lowest BCUT2D eigenvalue weighted by molar-refractivity contribution is 0.105. The van der Waals surface area contributed by atoms with Crippen LogP contribution in [0.3, 0.4) is 0 Å². The first-order chi connectivity index (χ1) is 7.45. The minimum Gasteiger partial charge on any atom is -0.496 e. The van der Waals surface area contributed by atoms with E-state index in [1.165, 1.54) is 7.11 Å². The fourth-order valence-electron chi connectivity index (χ4n) is 1.67. The molecule has 0 heterocycles. The summed E-state index contributed by atoms with van der Waals surface area (Å²) >= 11 is 3.42. The number of ether oxygens (including phenoxy) is 1. The van der Waals surface area contributed by atoms with Gasteiger partial charge in [-0.05, 0) is 37.5 Å². The Morgan fingerprint density at radius 2 is 1.81 bits per heavy atom. The highest BCUT2D eigenvalue weighted by atomic mass is 79.9. The normalized spacial score (nSPS) is 9.75. The number of carbonyl (C=O) groups excluding carboxylic acids is 1. The van der Waals surface area contributed by atoms with Crippen LogP contribution in [0.4, 0.5) is 0 Å². The Kier molecular flexibility index (Phi) is 3.71. The van der Waals surface area contributed by atoms with Crippen LogP contribution >= 0.6 is 15.9 Å². The van der Waals surface area contributed by atoms with Crippen molar-refractivity contribution in [3.05, 3.63) is 26.7 Å². The van der Waals surface area contributed by atoms with Gasteiger partial charge in [0.05, 0.1) is 12.7 Å². The predicted molar refractivity (Wildman–Crippen MR) is 64.8 cm³/mol. The van der Waals surface area contributed by atoms with Crippen molar-refractivity contribution in [2.75, 3.05) is 7.11 Å². The SMILES string of the molecule is COc1c(C)c(C)c(Br)c(C)c1C(=O)C#N. The molecule has 0 atom stereocenters. The lowest BCUT2D eigenvalue weighted by Gasteiger charge is -2.16. The van der Waals surface area contributed by atoms with E-state index in [1.54, 1.807) is 13.0 Å². The van der Waals surface area contributed by atoms with Gasteiger partial charge < -0.3 is 4.74 Å². The fraction of sp³-hybridized carbons (Fsp3) is 0.333. The van der Waals surface area contributed by atoms with E-state index in [0.717, 1.165) is 21.2 Å². The number of benzene rings is 1. The second-order valence-electron chi connectivity index (χ2n) is 3.54. The van der Waals surface area contributed by atoms with Crippen molar-refractivity contribution < 1.29 is 9.53 Å². The molecule has 1 aromatic carbocycles. The van der Waals surface area contributed by atoms with Crippen LogP contribution in [-0.2, 0) is 0 Å². The van der Waals surface area contributed by atoms with Crippen LogP contribution in [0.1, 0.15) is 27.0 Å². The Bertz CT molecular complexity index is 501. The topological polar surface area (TPSA) is 50.1 Å². The molecule has 0 aliphatic rings. The van der Waals surface area contributed by atoms with Gasteiger partial charge in [0, 0.05) is 4.47 Å². The lowest BCUT2D eigenvalue weighted by atomic mass is 9.96. The van der Waals surface area contributed by atoms with E-state index in [9.17, 15) is 4.79 Å². The van der Waals surface area contributed by atoms with Gasteiger partial charge in [-0.1, -0.05) is 15.9 Å². The van der Waals surface area contributed by atoms with E-state index >= 15 is 0 Å². The second-order valence-corrected chi connectivity index (χ2v) is 4.33. The van der Waals surface area contributed by atoms with Crippen molar-refractivity contribution in [1.82, 2.24) is 0 Å². The summed E-state index contributed by atoms with van der Waals surface area (Å²) in [4.78, 5) is 11.6. The molecule has 0 saturated heterocycles. The first kappa shape index (κ1) is 12.7. The van der Waals surface area contributed by atoms with Crippen LogP contribution in [0, 0.1) is 32.1 Å². The van der Waals surface area contributed by atoms with Crippen LogP contribution in [0.25, 0.3) is 0 Å². The van der Waals surface area contributed by atoms with E-state index in [-0.39, 0.29) is 0 Å². The van der Waals surface area contributed by atoms with Gasteiger partial charge in [0.1, 0.15) is 11.8 Å². The third-order valence-electron chi connectivity index (χ3n) is 2.70. The smallest absolute Gasteiger partial charge is 0.266 e. The van der Waals surface area contributed by atoms with Gasteiger partial charge in [0.15, 0.2) is 0 Å². The second kappa shape index (κ2) is 4.67. The molecule has 0 fully saturated rings. The van der Waals surface area contributed by atoms with Crippen LogP contribution in [-0.4, -0.2) is 12.9 Å². The Labute approximate surface area is 103 Å². The number of carbonyl (C=O) groups is 1. The maximum Gasteiger partial charge on any atom is 0.266 e. The molecule has 0 radical (unpaired) electrons. The lowest BCUT2D eigenvalue weighted by Crippen LogP contribution is -2.06. The molecule has 0 bridgehead atoms. The first-order valence-corrected chi connectivity index (χ1v) is 5.52. The molecule has 0 aliphatic heterocycles. The zero-order chi connectivity index (χ0) is 12.5. The molecule has 4 heteroatoms. The average Bonchev–Trinajstić information content (AvgIpc) is 2.29. The molecular formula is C12H12BrNO2. The molecule has 0 saturated carbocycles. The summed E-state index contributed by atoms with van der Waals surface area (Å²) in [6.45, 7) is 5.60. The molecule has 3 nitrogen and oxygen atoms in total. The van der Waals surface area contributed by atoms with E-state index < -0.39 is 5.78 Å². The van der Waals surface area contributed by atoms with E-state index in [1.807, 2.05) is 13.8 Å². The van der Waals surface area contributed by atoms with Crippen LogP contribution in [0.2, 0.25) is 0 Å². The van der Waals surface area contributed by atoms with Crippen molar-refractivity contribution in [2.45, 2.75) is 20.8 Å². The summed E-state index contributed by atoms with van der Waals surface area (Å²) < 4.78 is 6.07. The summed E-state index contributed by atoms with van der Waals surface area (Å²) in [6.07, 6.45) is 0. The third-order valence-corrected chi connectivity index (χ3v) is 3.89. The van der Waals surface area contributed by atoms with Crippen molar-refractivity contribution >= 4 is 21.7 Å². The number of nitrogens with zero attached hydrogens (tertiary/aromatic N) is 1. The van der Waals surface area contributed by atoms with Crippen molar-refractivity contribution in [3.63, 3.8) is 0 Å². The number of nitriles is 1. The largest absolute Gasteiger partial charge is 0.496 e. The number of ketones is 1. The fourth-order valence-corrected chi connectivity index (χ4v) is 2.16. The standard InChI is InChI=1S/C12H12BrNO2/c1-6-7(2)12(16-4)10(9(15)5-14)8(3)11(6)13/h1-4H3. The maximum atomic E-state index is 11.6. The van der Waals surface area contributed by atoms with Crippen LogP contribution in [0.5, 0.6) is 5.75 Å². The van der Waals surface area contributed by atoms with E-state index in [0.29, 0.717) is 11.3 Å². The molecule has 1 aromatic rings. The highest BCUT2D eigenvalue weighted by Gasteiger charge is 2.21. The zero-order valence-electron chi connectivity index (χ0n) is 9.64. The van der Waals surface area contributed by atoms with Gasteiger partial charge in [0.25, 0.3) is 5.78 Å². The number of halogens is 1. The molecular weight excluding hydrogens is 270 g/mol. The quantitative estimate of drug-likeness (QED) is 0.618. The molecule has 1 rings (SSSR count). The maximum absolute atomic E-state index is 11.6. The Morgan fingerprint density at radius 3 is 2.25 bits per heavy atom. The van der Waals surface area contributed by atoms with Crippen molar-refractivity contribution in [1.29, 1.82) is 5.26 Å². The van der Waals surface area contributed by atoms with Crippen LogP contribution < -0.4 is 4.74 Å². The number of Topliss-reactive ketones (excluding diaryl/α,β-unsaturated/α-hetero) is 1. The Morgan fingerprint density at radius 1 is 1.25 bits per heavy atom. The van der Waals surface area contributed by atoms with Gasteiger partial charge in [-0.25, -0.2) is 0 Å². The predicted octanol–water partition coefficient (Wildman–Crippen LogP) is 3.09. The highest BCUT2D eigenvalue weighted by Crippen LogP contribution is 2.36. The number of hydrogen-bond donors (Lipinski definition) is 0. The third kappa shape index (κ3) is 1.83. The Hall–Kier alpha value is -1.34. The van der Waals surface area contributed by atoms with Gasteiger partial charge >= 0.3 is 0 Å². The molecule has 0 N–H and O–H groups in total. The minimum atomic E-state index is -0.571. The van der Waals surface area contributed by atoms with Crippen molar-refractivity contribution in [3.8, 4) is 11.8 Å². The molecule has 84 valence electrons. The molecule has 0 aromatic heterocycles. The first-order valence-electron chi connectivity index (χ1n) is 4.73. The monoisotopic (exact) mass is 281 g/mol. The summed E-state index contributed by atoms with van der Waals surface area (Å²) in [5.74, 6) is -0.0806. The van der Waals surface area contributed by atoms with Gasteiger partial charge in [0.2, 0.25) is 0 Å². The summed E-state index contributed by atoms with van der Waals surface area (Å²) in [7, 11) is 1.50. The number of methoxy groups -OCH3 is 1. The molecule has 0 spiro atoms. The Balaban J connectivity index is 3.72. The van der Waals surface area contributed by atoms with Crippen molar-refractivity contribution in [2.24, 2.45) is 0 Å². The molecule has 16 heavy (non-hydrogen) atoms. The van der Waals surface area contributed by atoms with Crippen LogP contribution in [0.15, 0.2) is 4.47 Å². The van der Waals surface area contributed by atoms with Gasteiger partial charge in [-0.15, -0.1) is 0 Å². The number of hydrogen-bond acceptors (Lipinski definition) is 3.